The Labute approximate surface area is 175 Å². The van der Waals surface area contributed by atoms with Crippen molar-refractivity contribution in [2.24, 2.45) is 0 Å². The molecule has 0 spiro atoms. The van der Waals surface area contributed by atoms with E-state index in [1.807, 2.05) is 37.3 Å². The first kappa shape index (κ1) is 20.9. The predicted octanol–water partition coefficient (Wildman–Crippen LogP) is 4.67. The van der Waals surface area contributed by atoms with E-state index in [9.17, 15) is 13.2 Å². The lowest BCUT2D eigenvalue weighted by atomic mass is 10.0. The van der Waals surface area contributed by atoms with Crippen molar-refractivity contribution in [1.82, 2.24) is 5.32 Å². The van der Waals surface area contributed by atoms with Crippen molar-refractivity contribution in [3.8, 4) is 0 Å². The van der Waals surface area contributed by atoms with Gasteiger partial charge in [-0.25, -0.2) is 8.42 Å². The van der Waals surface area contributed by atoms with Crippen LogP contribution in [0.5, 0.6) is 0 Å². The predicted molar refractivity (Wildman–Crippen MR) is 116 cm³/mol. The lowest BCUT2D eigenvalue weighted by Gasteiger charge is -2.14. The Hall–Kier alpha value is -2.83. The Balaban J connectivity index is 1.67. The standard InChI is InChI=1S/C22H21ClN2O3S/c1-16(17-8-4-2-5-9-17)15-24-22(26)20-13-12-18(14-21(20)23)25-29(27,28)19-10-6-3-7-11-19/h2-14,16,25H,15H2,1H3,(H,24,26)/t16-/m1/s1. The van der Waals surface area contributed by atoms with E-state index in [1.54, 1.807) is 18.2 Å². The van der Waals surface area contributed by atoms with Gasteiger partial charge in [0.25, 0.3) is 15.9 Å². The quantitative estimate of drug-likeness (QED) is 0.574. The zero-order valence-corrected chi connectivity index (χ0v) is 17.4. The minimum Gasteiger partial charge on any atom is -0.351 e. The molecule has 3 aromatic rings. The lowest BCUT2D eigenvalue weighted by Crippen LogP contribution is -2.27. The third-order valence-electron chi connectivity index (χ3n) is 4.46. The van der Waals surface area contributed by atoms with E-state index >= 15 is 0 Å². The molecule has 5 nitrogen and oxygen atoms in total. The molecule has 150 valence electrons. The summed E-state index contributed by atoms with van der Waals surface area (Å²) in [6.45, 7) is 2.49. The van der Waals surface area contributed by atoms with E-state index in [-0.39, 0.29) is 33.0 Å². The number of halogens is 1. The van der Waals surface area contributed by atoms with Crippen LogP contribution in [0.2, 0.25) is 5.02 Å². The van der Waals surface area contributed by atoms with E-state index < -0.39 is 10.0 Å². The van der Waals surface area contributed by atoms with Crippen molar-refractivity contribution in [3.63, 3.8) is 0 Å². The van der Waals surface area contributed by atoms with E-state index in [0.29, 0.717) is 6.54 Å². The molecule has 2 N–H and O–H groups in total. The number of carbonyl (C=O) groups excluding carboxylic acids is 1. The van der Waals surface area contributed by atoms with Crippen LogP contribution in [0.15, 0.2) is 83.8 Å². The molecule has 0 saturated carbocycles. The average Bonchev–Trinajstić information content (AvgIpc) is 2.73. The zero-order chi connectivity index (χ0) is 20.9. The zero-order valence-electron chi connectivity index (χ0n) is 15.8. The number of carbonyl (C=O) groups is 1. The van der Waals surface area contributed by atoms with Gasteiger partial charge in [-0.1, -0.05) is 67.1 Å². The third kappa shape index (κ3) is 5.37. The second-order valence-electron chi connectivity index (χ2n) is 6.63. The average molecular weight is 429 g/mol. The van der Waals surface area contributed by atoms with Crippen LogP contribution in [0.1, 0.15) is 28.8 Å². The van der Waals surface area contributed by atoms with Crippen molar-refractivity contribution >= 4 is 33.2 Å². The maximum absolute atomic E-state index is 12.5. The van der Waals surface area contributed by atoms with Crippen molar-refractivity contribution in [2.45, 2.75) is 17.7 Å². The SMILES string of the molecule is C[C@H](CNC(=O)c1ccc(NS(=O)(=O)c2ccccc2)cc1Cl)c1ccccc1. The fourth-order valence-corrected chi connectivity index (χ4v) is 4.15. The first-order valence-corrected chi connectivity index (χ1v) is 10.9. The molecule has 29 heavy (non-hydrogen) atoms. The summed E-state index contributed by atoms with van der Waals surface area (Å²) >= 11 is 6.24. The molecule has 0 fully saturated rings. The molecule has 0 aliphatic heterocycles. The van der Waals surface area contributed by atoms with Gasteiger partial charge in [-0.2, -0.15) is 0 Å². The second-order valence-corrected chi connectivity index (χ2v) is 8.72. The molecule has 0 bridgehead atoms. The third-order valence-corrected chi connectivity index (χ3v) is 6.17. The van der Waals surface area contributed by atoms with E-state index in [1.165, 1.54) is 30.3 Å². The van der Waals surface area contributed by atoms with Crippen LogP contribution in [-0.4, -0.2) is 20.9 Å². The van der Waals surface area contributed by atoms with Gasteiger partial charge >= 0.3 is 0 Å². The molecule has 0 saturated heterocycles. The molecule has 3 aromatic carbocycles. The Morgan fingerprint density at radius 1 is 0.966 bits per heavy atom. The molecule has 0 radical (unpaired) electrons. The number of nitrogens with one attached hydrogen (secondary N) is 2. The van der Waals surface area contributed by atoms with Gasteiger partial charge in [-0.05, 0) is 41.8 Å². The van der Waals surface area contributed by atoms with Gasteiger partial charge in [0, 0.05) is 6.54 Å². The summed E-state index contributed by atoms with van der Waals surface area (Å²) in [7, 11) is -3.72. The van der Waals surface area contributed by atoms with Crippen LogP contribution in [0.3, 0.4) is 0 Å². The smallest absolute Gasteiger partial charge is 0.261 e. The highest BCUT2D eigenvalue weighted by atomic mass is 35.5. The molecule has 3 rings (SSSR count). The van der Waals surface area contributed by atoms with E-state index in [2.05, 4.69) is 10.0 Å². The highest BCUT2D eigenvalue weighted by molar-refractivity contribution is 7.92. The molecule has 7 heteroatoms. The Morgan fingerprint density at radius 2 is 1.59 bits per heavy atom. The fraction of sp³-hybridized carbons (Fsp3) is 0.136. The van der Waals surface area contributed by atoms with Crippen molar-refractivity contribution in [2.75, 3.05) is 11.3 Å². The van der Waals surface area contributed by atoms with E-state index in [4.69, 9.17) is 11.6 Å². The molecule has 1 amide bonds. The van der Waals surface area contributed by atoms with Crippen molar-refractivity contribution in [3.05, 3.63) is 95.0 Å². The number of anilines is 1. The minimum absolute atomic E-state index is 0.146. The van der Waals surface area contributed by atoms with Gasteiger partial charge in [-0.15, -0.1) is 0 Å². The van der Waals surface area contributed by atoms with Crippen molar-refractivity contribution < 1.29 is 13.2 Å². The maximum atomic E-state index is 12.5. The molecule has 0 aliphatic carbocycles. The monoisotopic (exact) mass is 428 g/mol. The molecule has 0 aromatic heterocycles. The first-order chi connectivity index (χ1) is 13.9. The lowest BCUT2D eigenvalue weighted by molar-refractivity contribution is 0.0952. The van der Waals surface area contributed by atoms with Gasteiger partial charge in [-0.3, -0.25) is 9.52 Å². The largest absolute Gasteiger partial charge is 0.351 e. The van der Waals surface area contributed by atoms with Gasteiger partial charge in [0.1, 0.15) is 0 Å². The highest BCUT2D eigenvalue weighted by Gasteiger charge is 2.16. The highest BCUT2D eigenvalue weighted by Crippen LogP contribution is 2.23. The molecular formula is C22H21ClN2O3S. The number of hydrogen-bond donors (Lipinski definition) is 2. The number of benzene rings is 3. The van der Waals surface area contributed by atoms with Crippen LogP contribution in [-0.2, 0) is 10.0 Å². The summed E-state index contributed by atoms with van der Waals surface area (Å²) < 4.78 is 27.3. The number of amides is 1. The number of rotatable bonds is 7. The first-order valence-electron chi connectivity index (χ1n) is 9.07. The topological polar surface area (TPSA) is 75.3 Å². The molecule has 0 unspecified atom stereocenters. The van der Waals surface area contributed by atoms with Crippen LogP contribution < -0.4 is 10.0 Å². The summed E-state index contributed by atoms with van der Waals surface area (Å²) in [5.74, 6) is -0.161. The summed E-state index contributed by atoms with van der Waals surface area (Å²) in [6.07, 6.45) is 0. The minimum atomic E-state index is -3.72. The van der Waals surface area contributed by atoms with Crippen molar-refractivity contribution in [1.29, 1.82) is 0 Å². The van der Waals surface area contributed by atoms with Crippen LogP contribution >= 0.6 is 11.6 Å². The number of sulfonamides is 1. The fourth-order valence-electron chi connectivity index (χ4n) is 2.82. The Morgan fingerprint density at radius 3 is 2.21 bits per heavy atom. The Bertz CT molecular complexity index is 1090. The van der Waals surface area contributed by atoms with E-state index in [0.717, 1.165) is 5.56 Å². The summed E-state index contributed by atoms with van der Waals surface area (Å²) in [4.78, 5) is 12.6. The van der Waals surface area contributed by atoms with Crippen LogP contribution in [0.25, 0.3) is 0 Å². The number of hydrogen-bond acceptors (Lipinski definition) is 3. The van der Waals surface area contributed by atoms with Gasteiger partial charge in [0.15, 0.2) is 0 Å². The van der Waals surface area contributed by atoms with Crippen LogP contribution in [0.4, 0.5) is 5.69 Å². The maximum Gasteiger partial charge on any atom is 0.261 e. The summed E-state index contributed by atoms with van der Waals surface area (Å²) in [5, 5.41) is 3.04. The molecule has 1 atom stereocenters. The van der Waals surface area contributed by atoms with Gasteiger partial charge in [0.05, 0.1) is 21.2 Å². The molecule has 0 heterocycles. The molecular weight excluding hydrogens is 408 g/mol. The van der Waals surface area contributed by atoms with Gasteiger partial charge < -0.3 is 5.32 Å². The summed E-state index contributed by atoms with van der Waals surface area (Å²) in [6, 6.07) is 22.4. The summed E-state index contributed by atoms with van der Waals surface area (Å²) in [5.41, 5.74) is 1.70. The normalized spacial score (nSPS) is 12.2. The van der Waals surface area contributed by atoms with Gasteiger partial charge in [0.2, 0.25) is 0 Å². The van der Waals surface area contributed by atoms with Crippen LogP contribution in [0, 0.1) is 0 Å². The molecule has 0 aliphatic rings. The second kappa shape index (κ2) is 9.11. The Kier molecular flexibility index (Phi) is 6.56.